The number of hydrogen-bond acceptors (Lipinski definition) is 3. The molecule has 1 unspecified atom stereocenters. The Kier molecular flexibility index (Phi) is 4.74. The van der Waals surface area contributed by atoms with Crippen LogP contribution in [0.1, 0.15) is 25.3 Å². The lowest BCUT2D eigenvalue weighted by Crippen LogP contribution is -2.38. The molecule has 3 nitrogen and oxygen atoms in total. The highest BCUT2D eigenvalue weighted by Crippen LogP contribution is 2.20. The molecule has 2 rings (SSSR count). The maximum absolute atomic E-state index is 11.9. The van der Waals surface area contributed by atoms with E-state index >= 15 is 0 Å². The predicted octanol–water partition coefficient (Wildman–Crippen LogP) is 2.98. The van der Waals surface area contributed by atoms with Gasteiger partial charge in [-0.15, -0.1) is 0 Å². The van der Waals surface area contributed by atoms with Gasteiger partial charge < -0.3 is 4.74 Å². The second kappa shape index (κ2) is 6.53. The summed E-state index contributed by atoms with van der Waals surface area (Å²) in [5, 5.41) is 0. The Morgan fingerprint density at radius 3 is 2.84 bits per heavy atom. The van der Waals surface area contributed by atoms with Gasteiger partial charge in [-0.05, 0) is 31.9 Å². The van der Waals surface area contributed by atoms with Crippen LogP contribution in [-0.4, -0.2) is 24.0 Å². The number of likely N-dealkylation sites (tertiary alicyclic amines) is 1. The van der Waals surface area contributed by atoms with Gasteiger partial charge in [-0.25, -0.2) is 0 Å². The van der Waals surface area contributed by atoms with Gasteiger partial charge in [0.2, 0.25) is 0 Å². The molecule has 0 bridgehead atoms. The lowest BCUT2D eigenvalue weighted by Gasteiger charge is -2.31. The Balaban J connectivity index is 1.90. The third kappa shape index (κ3) is 4.21. The van der Waals surface area contributed by atoms with Crippen LogP contribution < -0.4 is 0 Å². The number of piperidine rings is 1. The minimum absolute atomic E-state index is 0.0193. The van der Waals surface area contributed by atoms with Crippen LogP contribution in [0.2, 0.25) is 0 Å². The van der Waals surface area contributed by atoms with Crippen molar-refractivity contribution in [3.05, 3.63) is 48.2 Å². The molecule has 1 saturated heterocycles. The lowest BCUT2D eigenvalue weighted by atomic mass is 9.97. The van der Waals surface area contributed by atoms with Crippen LogP contribution in [0.5, 0.6) is 0 Å². The Morgan fingerprint density at radius 2 is 2.16 bits per heavy atom. The largest absolute Gasteiger partial charge is 0.432 e. The zero-order valence-electron chi connectivity index (χ0n) is 11.5. The average Bonchev–Trinajstić information content (AvgIpc) is 2.39. The van der Waals surface area contributed by atoms with E-state index < -0.39 is 0 Å². The molecule has 0 N–H and O–H groups in total. The van der Waals surface area contributed by atoms with Crippen LogP contribution in [0.25, 0.3) is 0 Å². The van der Waals surface area contributed by atoms with Crippen molar-refractivity contribution in [2.45, 2.75) is 26.3 Å². The monoisotopic (exact) mass is 259 g/mol. The fourth-order valence-corrected chi connectivity index (χ4v) is 2.49. The minimum atomic E-state index is -0.134. The summed E-state index contributed by atoms with van der Waals surface area (Å²) in [4.78, 5) is 14.2. The molecule has 1 aliphatic rings. The van der Waals surface area contributed by atoms with Crippen molar-refractivity contribution in [1.29, 1.82) is 0 Å². The summed E-state index contributed by atoms with van der Waals surface area (Å²) < 4.78 is 5.13. The number of esters is 1. The summed E-state index contributed by atoms with van der Waals surface area (Å²) in [6, 6.07) is 10.4. The molecule has 1 heterocycles. The van der Waals surface area contributed by atoms with Crippen molar-refractivity contribution in [3.8, 4) is 0 Å². The van der Waals surface area contributed by atoms with E-state index in [9.17, 15) is 4.79 Å². The zero-order chi connectivity index (χ0) is 13.7. The van der Waals surface area contributed by atoms with Crippen LogP contribution in [0, 0.1) is 5.92 Å². The van der Waals surface area contributed by atoms with Gasteiger partial charge in [-0.2, -0.15) is 0 Å². The first-order valence-corrected chi connectivity index (χ1v) is 6.78. The molecule has 102 valence electrons. The fraction of sp³-hybridized carbons (Fsp3) is 0.438. The molecule has 0 spiro atoms. The van der Waals surface area contributed by atoms with Crippen LogP contribution in [0.4, 0.5) is 0 Å². The van der Waals surface area contributed by atoms with Gasteiger partial charge in [0, 0.05) is 13.1 Å². The van der Waals surface area contributed by atoms with Crippen LogP contribution in [0.3, 0.4) is 0 Å². The van der Waals surface area contributed by atoms with E-state index in [-0.39, 0.29) is 11.9 Å². The van der Waals surface area contributed by atoms with Crippen molar-refractivity contribution in [2.24, 2.45) is 5.92 Å². The smallest absolute Gasteiger partial charge is 0.315 e. The van der Waals surface area contributed by atoms with Crippen molar-refractivity contribution in [1.82, 2.24) is 4.90 Å². The van der Waals surface area contributed by atoms with Crippen molar-refractivity contribution in [2.75, 3.05) is 13.1 Å². The number of benzene rings is 1. The minimum Gasteiger partial charge on any atom is -0.432 e. The van der Waals surface area contributed by atoms with Gasteiger partial charge >= 0.3 is 5.97 Å². The number of ether oxygens (including phenoxy) is 1. The number of rotatable bonds is 4. The summed E-state index contributed by atoms with van der Waals surface area (Å²) in [7, 11) is 0. The highest BCUT2D eigenvalue weighted by molar-refractivity contribution is 5.73. The van der Waals surface area contributed by atoms with Gasteiger partial charge in [0.1, 0.15) is 0 Å². The molecule has 0 saturated carbocycles. The van der Waals surface area contributed by atoms with E-state index in [4.69, 9.17) is 4.74 Å². The molecule has 0 amide bonds. The third-order valence-corrected chi connectivity index (χ3v) is 3.36. The molecule has 1 atom stereocenters. The number of hydrogen-bond donors (Lipinski definition) is 0. The average molecular weight is 259 g/mol. The maximum Gasteiger partial charge on any atom is 0.315 e. The topological polar surface area (TPSA) is 29.5 Å². The summed E-state index contributed by atoms with van der Waals surface area (Å²) in [5.74, 6) is 0.324. The van der Waals surface area contributed by atoms with Gasteiger partial charge in [0.05, 0.1) is 11.7 Å². The Bertz CT molecular complexity index is 441. The summed E-state index contributed by atoms with van der Waals surface area (Å²) in [5.41, 5.74) is 1.29. The number of allylic oxidation sites excluding steroid dienone is 1. The van der Waals surface area contributed by atoms with Crippen LogP contribution >= 0.6 is 0 Å². The molecule has 1 aromatic carbocycles. The summed E-state index contributed by atoms with van der Waals surface area (Å²) in [6.45, 7) is 8.06. The quantitative estimate of drug-likeness (QED) is 0.615. The molecule has 0 aromatic heterocycles. The summed E-state index contributed by atoms with van der Waals surface area (Å²) >= 11 is 0. The zero-order valence-corrected chi connectivity index (χ0v) is 11.5. The van der Waals surface area contributed by atoms with Crippen LogP contribution in [-0.2, 0) is 16.1 Å². The molecule has 0 radical (unpaired) electrons. The molecule has 1 aromatic rings. The van der Waals surface area contributed by atoms with E-state index in [1.165, 1.54) is 5.56 Å². The molecule has 19 heavy (non-hydrogen) atoms. The third-order valence-electron chi connectivity index (χ3n) is 3.36. The highest BCUT2D eigenvalue weighted by atomic mass is 16.5. The molecular formula is C16H21NO2. The van der Waals surface area contributed by atoms with Crippen molar-refractivity contribution < 1.29 is 9.53 Å². The first-order chi connectivity index (χ1) is 9.15. The van der Waals surface area contributed by atoms with E-state index in [2.05, 4.69) is 23.6 Å². The Morgan fingerprint density at radius 1 is 1.42 bits per heavy atom. The molecule has 3 heteroatoms. The van der Waals surface area contributed by atoms with E-state index in [1.54, 1.807) is 6.92 Å². The summed E-state index contributed by atoms with van der Waals surface area (Å²) in [6.07, 6.45) is 1.96. The normalized spacial score (nSPS) is 19.9. The molecule has 0 aliphatic carbocycles. The highest BCUT2D eigenvalue weighted by Gasteiger charge is 2.27. The maximum atomic E-state index is 11.9. The Hall–Kier alpha value is -1.61. The van der Waals surface area contributed by atoms with E-state index in [1.807, 2.05) is 18.2 Å². The number of nitrogens with zero attached hydrogens (tertiary/aromatic N) is 1. The number of carbonyl (C=O) groups is 1. The molecule has 1 fully saturated rings. The van der Waals surface area contributed by atoms with Gasteiger partial charge in [-0.1, -0.05) is 36.9 Å². The van der Waals surface area contributed by atoms with E-state index in [0.29, 0.717) is 5.76 Å². The number of carbonyl (C=O) groups excluding carboxylic acids is 1. The van der Waals surface area contributed by atoms with Crippen LogP contribution in [0.15, 0.2) is 42.7 Å². The SMILES string of the molecule is C=C(C)OC(=O)C1CCCN(Cc2ccccc2)C1. The van der Waals surface area contributed by atoms with Gasteiger partial charge in [-0.3, -0.25) is 9.69 Å². The first kappa shape index (κ1) is 13.8. The van der Waals surface area contributed by atoms with Crippen molar-refractivity contribution >= 4 is 5.97 Å². The van der Waals surface area contributed by atoms with Gasteiger partial charge in [0.25, 0.3) is 0 Å². The molecular weight excluding hydrogens is 238 g/mol. The fourth-order valence-electron chi connectivity index (χ4n) is 2.49. The Labute approximate surface area is 114 Å². The van der Waals surface area contributed by atoms with Crippen molar-refractivity contribution in [3.63, 3.8) is 0 Å². The lowest BCUT2D eigenvalue weighted by molar-refractivity contribution is -0.146. The second-order valence-electron chi connectivity index (χ2n) is 5.18. The first-order valence-electron chi connectivity index (χ1n) is 6.78. The molecule has 1 aliphatic heterocycles. The van der Waals surface area contributed by atoms with E-state index in [0.717, 1.165) is 32.5 Å². The predicted molar refractivity (Wildman–Crippen MR) is 75.3 cm³/mol. The second-order valence-corrected chi connectivity index (χ2v) is 5.18. The van der Waals surface area contributed by atoms with Gasteiger partial charge in [0.15, 0.2) is 0 Å². The standard InChI is InChI=1S/C16H21NO2/c1-13(2)19-16(18)15-9-6-10-17(12-15)11-14-7-4-3-5-8-14/h3-5,7-8,15H,1,6,9-12H2,2H3.